The number of rotatable bonds is 6. The van der Waals surface area contributed by atoms with Gasteiger partial charge in [0.25, 0.3) is 10.0 Å². The van der Waals surface area contributed by atoms with Crippen molar-refractivity contribution in [1.82, 2.24) is 14.3 Å². The largest absolute Gasteiger partial charge is 0.281 e. The number of sulfonamides is 1. The standard InChI is InChI=1S/C22H18ClFN4O3S3/c23-19-8-9-20(33-19)34(30,31)28-11-3-5-17(28)21(29)27(13-15-4-1-2-10-25-15)22-26-16-7-6-14(24)12-18(16)32-22/h1-2,4,6-10,12,17H,3,5,11,13H2/t17-/m1/s1. The lowest BCUT2D eigenvalue weighted by Crippen LogP contribution is -2.47. The highest BCUT2D eigenvalue weighted by Gasteiger charge is 2.42. The Morgan fingerprint density at radius 2 is 2.06 bits per heavy atom. The molecule has 4 aromatic rings. The topological polar surface area (TPSA) is 83.5 Å². The van der Waals surface area contributed by atoms with Gasteiger partial charge in [-0.15, -0.1) is 11.3 Å². The van der Waals surface area contributed by atoms with Crippen LogP contribution in [0.4, 0.5) is 9.52 Å². The first-order valence-electron chi connectivity index (χ1n) is 10.4. The van der Waals surface area contributed by atoms with Crippen LogP contribution in [-0.4, -0.2) is 41.2 Å². The average Bonchev–Trinajstić information content (AvgIpc) is 3.57. The molecule has 0 unspecified atom stereocenters. The zero-order valence-electron chi connectivity index (χ0n) is 17.6. The molecule has 1 amide bonds. The predicted octanol–water partition coefficient (Wildman–Crippen LogP) is 4.93. The lowest BCUT2D eigenvalue weighted by molar-refractivity contribution is -0.121. The van der Waals surface area contributed by atoms with Crippen LogP contribution in [0.25, 0.3) is 10.2 Å². The minimum absolute atomic E-state index is 0.101. The SMILES string of the molecule is O=C([C@H]1CCCN1S(=O)(=O)c1ccc(Cl)s1)N(Cc1ccccn1)c1nc2ccc(F)cc2s1. The van der Waals surface area contributed by atoms with E-state index in [0.717, 1.165) is 11.3 Å². The number of hydrogen-bond donors (Lipinski definition) is 0. The van der Waals surface area contributed by atoms with Gasteiger partial charge in [0.15, 0.2) is 5.13 Å². The Morgan fingerprint density at radius 1 is 1.21 bits per heavy atom. The Labute approximate surface area is 208 Å². The molecule has 0 saturated carbocycles. The highest BCUT2D eigenvalue weighted by Crippen LogP contribution is 2.35. The summed E-state index contributed by atoms with van der Waals surface area (Å²) in [5, 5.41) is 0.361. The minimum atomic E-state index is -3.89. The maximum absolute atomic E-state index is 13.8. The highest BCUT2D eigenvalue weighted by molar-refractivity contribution is 7.91. The van der Waals surface area contributed by atoms with Crippen molar-refractivity contribution < 1.29 is 17.6 Å². The van der Waals surface area contributed by atoms with Gasteiger partial charge in [0.1, 0.15) is 16.1 Å². The van der Waals surface area contributed by atoms with Crippen LogP contribution in [-0.2, 0) is 21.4 Å². The molecule has 1 aromatic carbocycles. The van der Waals surface area contributed by atoms with Crippen molar-refractivity contribution >= 4 is 65.6 Å². The fraction of sp³-hybridized carbons (Fsp3) is 0.227. The quantitative estimate of drug-likeness (QED) is 0.349. The number of halogens is 2. The summed E-state index contributed by atoms with van der Waals surface area (Å²) in [6, 6.07) is 11.7. The first kappa shape index (κ1) is 23.3. The van der Waals surface area contributed by atoms with Gasteiger partial charge in [-0.25, -0.2) is 17.8 Å². The van der Waals surface area contributed by atoms with Crippen LogP contribution in [0.15, 0.2) is 58.9 Å². The number of benzene rings is 1. The van der Waals surface area contributed by atoms with E-state index in [0.29, 0.717) is 38.2 Å². The summed E-state index contributed by atoms with van der Waals surface area (Å²) in [5.74, 6) is -0.790. The number of carbonyl (C=O) groups is 1. The van der Waals surface area contributed by atoms with Crippen molar-refractivity contribution in [2.45, 2.75) is 29.6 Å². The molecule has 0 aliphatic carbocycles. The average molecular weight is 537 g/mol. The summed E-state index contributed by atoms with van der Waals surface area (Å²) < 4.78 is 42.6. The lowest BCUT2D eigenvalue weighted by Gasteiger charge is -2.28. The molecule has 176 valence electrons. The molecule has 1 saturated heterocycles. The smallest absolute Gasteiger partial charge is 0.253 e. The fourth-order valence-corrected chi connectivity index (χ4v) is 8.16. The lowest BCUT2D eigenvalue weighted by atomic mass is 10.2. The number of hydrogen-bond acceptors (Lipinski definition) is 7. The third-order valence-electron chi connectivity index (χ3n) is 5.48. The predicted molar refractivity (Wildman–Crippen MR) is 131 cm³/mol. The van der Waals surface area contributed by atoms with Crippen molar-refractivity contribution in [3.8, 4) is 0 Å². The first-order chi connectivity index (χ1) is 16.3. The van der Waals surface area contributed by atoms with E-state index in [-0.39, 0.29) is 17.3 Å². The van der Waals surface area contributed by atoms with Crippen LogP contribution in [0, 0.1) is 5.82 Å². The molecule has 0 N–H and O–H groups in total. The van der Waals surface area contributed by atoms with Gasteiger partial charge in [0.05, 0.1) is 26.8 Å². The van der Waals surface area contributed by atoms with Crippen LogP contribution in [0.1, 0.15) is 18.5 Å². The normalized spacial score (nSPS) is 16.8. The molecule has 7 nitrogen and oxygen atoms in total. The zero-order valence-corrected chi connectivity index (χ0v) is 20.8. The molecule has 0 radical (unpaired) electrons. The number of amides is 1. The second kappa shape index (κ2) is 9.31. The number of carbonyl (C=O) groups excluding carboxylic acids is 1. The summed E-state index contributed by atoms with van der Waals surface area (Å²) in [4.78, 5) is 24.2. The fourth-order valence-electron chi connectivity index (χ4n) is 3.90. The number of pyridine rings is 1. The van der Waals surface area contributed by atoms with Crippen LogP contribution < -0.4 is 4.90 Å². The van der Waals surface area contributed by atoms with E-state index in [1.54, 1.807) is 24.4 Å². The van der Waals surface area contributed by atoms with E-state index in [2.05, 4.69) is 9.97 Å². The van der Waals surface area contributed by atoms with E-state index in [9.17, 15) is 17.6 Å². The first-order valence-corrected chi connectivity index (χ1v) is 13.8. The number of thiazole rings is 1. The zero-order chi connectivity index (χ0) is 23.9. The number of nitrogens with zero attached hydrogens (tertiary/aromatic N) is 4. The Morgan fingerprint density at radius 3 is 2.79 bits per heavy atom. The molecule has 4 heterocycles. The number of aromatic nitrogens is 2. The Hall–Kier alpha value is -2.44. The van der Waals surface area contributed by atoms with E-state index < -0.39 is 27.8 Å². The van der Waals surface area contributed by atoms with E-state index >= 15 is 0 Å². The van der Waals surface area contributed by atoms with Gasteiger partial charge in [-0.3, -0.25) is 14.7 Å². The monoisotopic (exact) mass is 536 g/mol. The van der Waals surface area contributed by atoms with Gasteiger partial charge >= 0.3 is 0 Å². The van der Waals surface area contributed by atoms with Crippen molar-refractivity contribution in [2.24, 2.45) is 0 Å². The van der Waals surface area contributed by atoms with Crippen LogP contribution in [0.5, 0.6) is 0 Å². The number of fused-ring (bicyclic) bond motifs is 1. The molecule has 0 bridgehead atoms. The van der Waals surface area contributed by atoms with Gasteiger partial charge in [-0.05, 0) is 55.3 Å². The molecule has 3 aromatic heterocycles. The third-order valence-corrected chi connectivity index (χ3v) is 10.1. The molecule has 1 fully saturated rings. The Bertz CT molecular complexity index is 1460. The molecule has 0 spiro atoms. The van der Waals surface area contributed by atoms with Crippen molar-refractivity contribution in [1.29, 1.82) is 0 Å². The van der Waals surface area contributed by atoms with E-state index in [4.69, 9.17) is 11.6 Å². The molecule has 1 atom stereocenters. The van der Waals surface area contributed by atoms with Crippen molar-refractivity contribution in [2.75, 3.05) is 11.4 Å². The Kier molecular flexibility index (Phi) is 6.38. The highest BCUT2D eigenvalue weighted by atomic mass is 35.5. The molecular formula is C22H18ClFN4O3S3. The second-order valence-corrected chi connectivity index (χ2v) is 12.5. The van der Waals surface area contributed by atoms with Crippen LogP contribution in [0.3, 0.4) is 0 Å². The van der Waals surface area contributed by atoms with Crippen LogP contribution >= 0.6 is 34.3 Å². The van der Waals surface area contributed by atoms with E-state index in [1.807, 2.05) is 6.07 Å². The van der Waals surface area contributed by atoms with Gasteiger partial charge in [-0.2, -0.15) is 4.31 Å². The van der Waals surface area contributed by atoms with Gasteiger partial charge in [-0.1, -0.05) is 29.0 Å². The second-order valence-electron chi connectivity index (χ2n) is 7.69. The summed E-state index contributed by atoms with van der Waals surface area (Å²) in [7, 11) is -3.89. The van der Waals surface area contributed by atoms with E-state index in [1.165, 1.54) is 44.8 Å². The van der Waals surface area contributed by atoms with Crippen molar-refractivity contribution in [3.05, 3.63) is 70.6 Å². The molecule has 5 rings (SSSR count). The molecule has 1 aliphatic heterocycles. The third kappa shape index (κ3) is 4.46. The van der Waals surface area contributed by atoms with Gasteiger partial charge < -0.3 is 0 Å². The number of anilines is 1. The summed E-state index contributed by atoms with van der Waals surface area (Å²) in [6.45, 7) is 0.341. The summed E-state index contributed by atoms with van der Waals surface area (Å²) in [5.41, 5.74) is 1.18. The number of thiophene rings is 1. The Balaban J connectivity index is 1.52. The van der Waals surface area contributed by atoms with Crippen LogP contribution in [0.2, 0.25) is 4.34 Å². The molecule has 12 heteroatoms. The summed E-state index contributed by atoms with van der Waals surface area (Å²) in [6.07, 6.45) is 2.56. The van der Waals surface area contributed by atoms with Gasteiger partial charge in [0.2, 0.25) is 5.91 Å². The molecule has 1 aliphatic rings. The maximum atomic E-state index is 13.8. The van der Waals surface area contributed by atoms with Crippen molar-refractivity contribution in [3.63, 3.8) is 0 Å². The molecular weight excluding hydrogens is 519 g/mol. The van der Waals surface area contributed by atoms with Gasteiger partial charge in [0, 0.05) is 12.7 Å². The molecule has 34 heavy (non-hydrogen) atoms. The maximum Gasteiger partial charge on any atom is 0.253 e. The summed E-state index contributed by atoms with van der Waals surface area (Å²) >= 11 is 8.10. The minimum Gasteiger partial charge on any atom is -0.281 e.